The molecular formula is C11H25NO. The molecule has 1 aliphatic rings. The minimum Gasteiger partial charge on any atom is -0.380 e. The number of hydrogen-bond donors (Lipinski definition) is 0. The molecule has 0 aromatic heterocycles. The molecule has 0 spiro atoms. The molecule has 0 N–H and O–H groups in total. The molecule has 1 unspecified atom stereocenters. The first kappa shape index (κ1) is 12.9. The standard InChI is InChI=1S/C9H19NO.C2H6/c1-3-10-7-5-6-9(10)8-11-4-2;1-2/h9H,3-8H2,1-2H3;1-2H3. The van der Waals surface area contributed by atoms with Gasteiger partial charge < -0.3 is 4.74 Å². The maximum atomic E-state index is 5.41. The lowest BCUT2D eigenvalue weighted by molar-refractivity contribution is 0.0874. The minimum absolute atomic E-state index is 0.708. The fraction of sp³-hybridized carbons (Fsp3) is 1.00. The number of likely N-dealkylation sites (N-methyl/N-ethyl adjacent to an activating group) is 1. The molecule has 2 nitrogen and oxygen atoms in total. The fourth-order valence-corrected chi connectivity index (χ4v) is 1.75. The molecule has 0 aliphatic carbocycles. The van der Waals surface area contributed by atoms with Crippen molar-refractivity contribution in [1.29, 1.82) is 0 Å². The zero-order chi connectivity index (χ0) is 10.1. The summed E-state index contributed by atoms with van der Waals surface area (Å²) >= 11 is 0. The van der Waals surface area contributed by atoms with E-state index in [-0.39, 0.29) is 0 Å². The molecule has 0 aromatic rings. The lowest BCUT2D eigenvalue weighted by Crippen LogP contribution is -2.32. The first-order chi connectivity index (χ1) is 6.38. The van der Waals surface area contributed by atoms with Crippen LogP contribution in [0, 0.1) is 0 Å². The van der Waals surface area contributed by atoms with E-state index in [9.17, 15) is 0 Å². The zero-order valence-electron chi connectivity index (χ0n) is 9.68. The molecule has 1 aliphatic heterocycles. The number of likely N-dealkylation sites (tertiary alicyclic amines) is 1. The van der Waals surface area contributed by atoms with E-state index in [2.05, 4.69) is 18.7 Å². The number of nitrogens with zero attached hydrogens (tertiary/aromatic N) is 1. The summed E-state index contributed by atoms with van der Waals surface area (Å²) in [7, 11) is 0. The second-order valence-electron chi connectivity index (χ2n) is 3.08. The van der Waals surface area contributed by atoms with Gasteiger partial charge in [0, 0.05) is 12.6 Å². The molecule has 1 atom stereocenters. The van der Waals surface area contributed by atoms with Gasteiger partial charge in [-0.25, -0.2) is 0 Å². The van der Waals surface area contributed by atoms with Gasteiger partial charge in [-0.05, 0) is 32.9 Å². The average Bonchev–Trinajstić information content (AvgIpc) is 2.65. The fourth-order valence-electron chi connectivity index (χ4n) is 1.75. The van der Waals surface area contributed by atoms with Crippen LogP contribution in [0.5, 0.6) is 0 Å². The van der Waals surface area contributed by atoms with E-state index in [0.29, 0.717) is 6.04 Å². The maximum absolute atomic E-state index is 5.41. The third-order valence-electron chi connectivity index (χ3n) is 2.42. The predicted octanol–water partition coefficient (Wildman–Crippen LogP) is 2.53. The Labute approximate surface area is 83.3 Å². The van der Waals surface area contributed by atoms with Crippen molar-refractivity contribution < 1.29 is 4.74 Å². The molecule has 1 heterocycles. The van der Waals surface area contributed by atoms with Crippen molar-refractivity contribution in [3.63, 3.8) is 0 Å². The van der Waals surface area contributed by atoms with Gasteiger partial charge in [-0.3, -0.25) is 4.90 Å². The van der Waals surface area contributed by atoms with E-state index < -0.39 is 0 Å². The molecule has 1 saturated heterocycles. The number of hydrogen-bond acceptors (Lipinski definition) is 2. The summed E-state index contributed by atoms with van der Waals surface area (Å²) in [5.74, 6) is 0. The molecule has 0 radical (unpaired) electrons. The van der Waals surface area contributed by atoms with Crippen molar-refractivity contribution in [2.24, 2.45) is 0 Å². The van der Waals surface area contributed by atoms with Crippen LogP contribution in [0.3, 0.4) is 0 Å². The van der Waals surface area contributed by atoms with E-state index in [1.165, 1.54) is 25.9 Å². The van der Waals surface area contributed by atoms with Crippen LogP contribution >= 0.6 is 0 Å². The molecule has 0 aromatic carbocycles. The topological polar surface area (TPSA) is 12.5 Å². The summed E-state index contributed by atoms with van der Waals surface area (Å²) in [6, 6.07) is 0.708. The Morgan fingerprint density at radius 1 is 1.31 bits per heavy atom. The Bertz CT molecular complexity index is 106. The summed E-state index contributed by atoms with van der Waals surface area (Å²) in [5, 5.41) is 0. The first-order valence-electron chi connectivity index (χ1n) is 5.70. The Kier molecular flexibility index (Phi) is 8.46. The third-order valence-corrected chi connectivity index (χ3v) is 2.42. The van der Waals surface area contributed by atoms with E-state index in [1.54, 1.807) is 0 Å². The quantitative estimate of drug-likeness (QED) is 0.670. The van der Waals surface area contributed by atoms with E-state index in [1.807, 2.05) is 13.8 Å². The van der Waals surface area contributed by atoms with E-state index in [4.69, 9.17) is 4.74 Å². The van der Waals surface area contributed by atoms with Gasteiger partial charge in [0.05, 0.1) is 6.61 Å². The van der Waals surface area contributed by atoms with Gasteiger partial charge in [0.15, 0.2) is 0 Å². The van der Waals surface area contributed by atoms with Crippen molar-refractivity contribution >= 4 is 0 Å². The van der Waals surface area contributed by atoms with E-state index >= 15 is 0 Å². The highest BCUT2D eigenvalue weighted by molar-refractivity contribution is 4.77. The summed E-state index contributed by atoms with van der Waals surface area (Å²) in [6.07, 6.45) is 2.68. The highest BCUT2D eigenvalue weighted by Crippen LogP contribution is 2.16. The normalized spacial score (nSPS) is 22.6. The zero-order valence-corrected chi connectivity index (χ0v) is 9.68. The van der Waals surface area contributed by atoms with Crippen molar-refractivity contribution in [2.45, 2.75) is 46.6 Å². The molecule has 1 rings (SSSR count). The molecule has 13 heavy (non-hydrogen) atoms. The Morgan fingerprint density at radius 2 is 2.00 bits per heavy atom. The van der Waals surface area contributed by atoms with Crippen molar-refractivity contribution in [2.75, 3.05) is 26.3 Å². The van der Waals surface area contributed by atoms with Crippen LogP contribution in [0.25, 0.3) is 0 Å². The monoisotopic (exact) mass is 187 g/mol. The van der Waals surface area contributed by atoms with Gasteiger partial charge in [-0.15, -0.1) is 0 Å². The second-order valence-corrected chi connectivity index (χ2v) is 3.08. The molecule has 2 heteroatoms. The van der Waals surface area contributed by atoms with Crippen molar-refractivity contribution in [3.05, 3.63) is 0 Å². The SMILES string of the molecule is CC.CCOCC1CCCN1CC. The van der Waals surface area contributed by atoms with Crippen molar-refractivity contribution in [3.8, 4) is 0 Å². The van der Waals surface area contributed by atoms with Gasteiger partial charge in [-0.1, -0.05) is 20.8 Å². The van der Waals surface area contributed by atoms with Crippen LogP contribution in [-0.2, 0) is 4.74 Å². The minimum atomic E-state index is 0.708. The molecule has 80 valence electrons. The largest absolute Gasteiger partial charge is 0.380 e. The summed E-state index contributed by atoms with van der Waals surface area (Å²) in [4.78, 5) is 2.51. The summed E-state index contributed by atoms with van der Waals surface area (Å²) < 4.78 is 5.41. The third kappa shape index (κ3) is 4.63. The average molecular weight is 187 g/mol. The van der Waals surface area contributed by atoms with Crippen LogP contribution in [-0.4, -0.2) is 37.2 Å². The van der Waals surface area contributed by atoms with Gasteiger partial charge in [0.1, 0.15) is 0 Å². The summed E-state index contributed by atoms with van der Waals surface area (Å²) in [6.45, 7) is 12.5. The van der Waals surface area contributed by atoms with Crippen LogP contribution in [0.2, 0.25) is 0 Å². The highest BCUT2D eigenvalue weighted by Gasteiger charge is 2.22. The van der Waals surface area contributed by atoms with Gasteiger partial charge in [0.25, 0.3) is 0 Å². The maximum Gasteiger partial charge on any atom is 0.0621 e. The van der Waals surface area contributed by atoms with Gasteiger partial charge >= 0.3 is 0 Å². The number of ether oxygens (including phenoxy) is 1. The molecule has 0 bridgehead atoms. The highest BCUT2D eigenvalue weighted by atomic mass is 16.5. The van der Waals surface area contributed by atoms with Gasteiger partial charge in [0.2, 0.25) is 0 Å². The van der Waals surface area contributed by atoms with Crippen LogP contribution < -0.4 is 0 Å². The Balaban J connectivity index is 0.000000671. The molecular weight excluding hydrogens is 162 g/mol. The van der Waals surface area contributed by atoms with Crippen molar-refractivity contribution in [1.82, 2.24) is 4.90 Å². The predicted molar refractivity (Wildman–Crippen MR) is 58.1 cm³/mol. The van der Waals surface area contributed by atoms with Crippen LogP contribution in [0.1, 0.15) is 40.5 Å². The second kappa shape index (κ2) is 8.52. The molecule has 0 amide bonds. The first-order valence-corrected chi connectivity index (χ1v) is 5.70. The summed E-state index contributed by atoms with van der Waals surface area (Å²) in [5.41, 5.74) is 0. The molecule has 1 fully saturated rings. The lowest BCUT2D eigenvalue weighted by atomic mass is 10.2. The van der Waals surface area contributed by atoms with E-state index in [0.717, 1.165) is 13.2 Å². The smallest absolute Gasteiger partial charge is 0.0621 e. The van der Waals surface area contributed by atoms with Crippen LogP contribution in [0.4, 0.5) is 0 Å². The van der Waals surface area contributed by atoms with Gasteiger partial charge in [-0.2, -0.15) is 0 Å². The number of rotatable bonds is 4. The molecule has 0 saturated carbocycles. The Hall–Kier alpha value is -0.0800. The van der Waals surface area contributed by atoms with Crippen LogP contribution in [0.15, 0.2) is 0 Å². The Morgan fingerprint density at radius 3 is 2.54 bits per heavy atom. The lowest BCUT2D eigenvalue weighted by Gasteiger charge is -2.21.